The van der Waals surface area contributed by atoms with Gasteiger partial charge in [0.1, 0.15) is 4.90 Å². The first-order chi connectivity index (χ1) is 9.59. The smallest absolute Gasteiger partial charge is 0.275 e. The maximum Gasteiger partial charge on any atom is 0.275 e. The maximum absolute atomic E-state index is 12.6. The summed E-state index contributed by atoms with van der Waals surface area (Å²) < 4.78 is 23.7. The van der Waals surface area contributed by atoms with Gasteiger partial charge in [-0.05, 0) is 33.1 Å². The lowest BCUT2D eigenvalue weighted by molar-refractivity contribution is 0.0610. The highest BCUT2D eigenvalue weighted by Crippen LogP contribution is 2.42. The first-order valence-electron chi connectivity index (χ1n) is 6.98. The molecule has 0 radical (unpaired) electrons. The molecule has 7 nitrogen and oxygen atoms in total. The number of carbonyl (C=O) groups excluding carboxylic acids is 1. The molecule has 1 aromatic rings. The standard InChI is InChI=1S/C13H22N4O3S/c1-5-13(2,3)17(4)12(18)10-11(21(14,19)20)9(15-16-10)8-6-7-8/h8H,5-7H2,1-4H3,(H,15,16)(H2,14,19,20). The van der Waals surface area contributed by atoms with Gasteiger partial charge in [-0.15, -0.1) is 0 Å². The highest BCUT2D eigenvalue weighted by Gasteiger charge is 2.38. The van der Waals surface area contributed by atoms with Crippen LogP contribution in [0.25, 0.3) is 0 Å². The molecule has 1 aliphatic rings. The Hall–Kier alpha value is -1.41. The van der Waals surface area contributed by atoms with E-state index in [1.165, 1.54) is 4.90 Å². The van der Waals surface area contributed by atoms with Gasteiger partial charge in [-0.1, -0.05) is 6.92 Å². The minimum Gasteiger partial charge on any atom is -0.335 e. The highest BCUT2D eigenvalue weighted by atomic mass is 32.2. The number of H-pyrrole nitrogens is 1. The molecule has 3 N–H and O–H groups in total. The van der Waals surface area contributed by atoms with Gasteiger partial charge in [0.05, 0.1) is 5.69 Å². The van der Waals surface area contributed by atoms with Crippen LogP contribution in [0.5, 0.6) is 0 Å². The number of nitrogens with two attached hydrogens (primary N) is 1. The Balaban J connectivity index is 2.47. The summed E-state index contributed by atoms with van der Waals surface area (Å²) in [6.07, 6.45) is 2.50. The molecule has 1 amide bonds. The van der Waals surface area contributed by atoms with E-state index in [4.69, 9.17) is 5.14 Å². The molecule has 8 heteroatoms. The molecule has 1 aliphatic carbocycles. The Bertz CT molecular complexity index is 659. The van der Waals surface area contributed by atoms with Gasteiger partial charge in [-0.25, -0.2) is 13.6 Å². The Labute approximate surface area is 124 Å². The zero-order valence-electron chi connectivity index (χ0n) is 12.8. The van der Waals surface area contributed by atoms with E-state index < -0.39 is 21.5 Å². The van der Waals surface area contributed by atoms with E-state index >= 15 is 0 Å². The molecule has 0 unspecified atom stereocenters. The minimum absolute atomic E-state index is 0.108. The Morgan fingerprint density at radius 3 is 2.48 bits per heavy atom. The third kappa shape index (κ3) is 2.96. The van der Waals surface area contributed by atoms with Gasteiger partial charge in [0.2, 0.25) is 10.0 Å². The first kappa shape index (κ1) is 16.0. The third-order valence-electron chi connectivity index (χ3n) is 4.30. The van der Waals surface area contributed by atoms with E-state index in [0.717, 1.165) is 19.3 Å². The number of hydrogen-bond donors (Lipinski definition) is 2. The summed E-state index contributed by atoms with van der Waals surface area (Å²) in [7, 11) is -2.35. The molecule has 2 rings (SSSR count). The first-order valence-corrected chi connectivity index (χ1v) is 8.53. The molecule has 1 heterocycles. The fourth-order valence-corrected chi connectivity index (χ4v) is 3.02. The van der Waals surface area contributed by atoms with Gasteiger partial charge >= 0.3 is 0 Å². The average Bonchev–Trinajstić information content (AvgIpc) is 3.14. The molecule has 0 aliphatic heterocycles. The summed E-state index contributed by atoms with van der Waals surface area (Å²) in [5.74, 6) is -0.328. The van der Waals surface area contributed by atoms with Crippen molar-refractivity contribution in [3.8, 4) is 0 Å². The number of rotatable bonds is 5. The summed E-state index contributed by atoms with van der Waals surface area (Å²) in [4.78, 5) is 14.0. The van der Waals surface area contributed by atoms with Crippen LogP contribution in [0.4, 0.5) is 0 Å². The molecule has 0 atom stereocenters. The fourth-order valence-electron chi connectivity index (χ4n) is 2.10. The number of carbonyl (C=O) groups is 1. The van der Waals surface area contributed by atoms with Crippen molar-refractivity contribution in [3.63, 3.8) is 0 Å². The molecule has 0 aromatic carbocycles. The van der Waals surface area contributed by atoms with Crippen molar-refractivity contribution < 1.29 is 13.2 Å². The molecule has 118 valence electrons. The number of nitrogens with zero attached hydrogens (tertiary/aromatic N) is 2. The molecule has 0 saturated heterocycles. The lowest BCUT2D eigenvalue weighted by Gasteiger charge is -2.34. The summed E-state index contributed by atoms with van der Waals surface area (Å²) in [5, 5.41) is 11.9. The van der Waals surface area contributed by atoms with Crippen LogP contribution in [-0.4, -0.2) is 42.0 Å². The van der Waals surface area contributed by atoms with E-state index in [1.807, 2.05) is 20.8 Å². The summed E-state index contributed by atoms with van der Waals surface area (Å²) in [6, 6.07) is 0. The molecule has 21 heavy (non-hydrogen) atoms. The topological polar surface area (TPSA) is 109 Å². The van der Waals surface area contributed by atoms with Crippen molar-refractivity contribution >= 4 is 15.9 Å². The van der Waals surface area contributed by atoms with Crippen molar-refractivity contribution in [2.24, 2.45) is 5.14 Å². The Morgan fingerprint density at radius 2 is 2.05 bits per heavy atom. The van der Waals surface area contributed by atoms with Crippen LogP contribution in [0.1, 0.15) is 62.1 Å². The highest BCUT2D eigenvalue weighted by molar-refractivity contribution is 7.89. The van der Waals surface area contributed by atoms with Crippen molar-refractivity contribution in [2.45, 2.75) is 56.4 Å². The summed E-state index contributed by atoms with van der Waals surface area (Å²) in [5.41, 5.74) is -0.0437. The quantitative estimate of drug-likeness (QED) is 0.850. The van der Waals surface area contributed by atoms with Crippen LogP contribution < -0.4 is 5.14 Å². The van der Waals surface area contributed by atoms with Crippen LogP contribution in [0.2, 0.25) is 0 Å². The summed E-state index contributed by atoms with van der Waals surface area (Å²) in [6.45, 7) is 5.79. The average molecular weight is 314 g/mol. The van der Waals surface area contributed by atoms with Crippen LogP contribution in [0.15, 0.2) is 4.90 Å². The van der Waals surface area contributed by atoms with Gasteiger partial charge in [0.25, 0.3) is 5.91 Å². The monoisotopic (exact) mass is 314 g/mol. The molecule has 1 fully saturated rings. The number of aromatic nitrogens is 2. The number of amides is 1. The van der Waals surface area contributed by atoms with Gasteiger partial charge < -0.3 is 4.90 Å². The molecular weight excluding hydrogens is 292 g/mol. The van der Waals surface area contributed by atoms with E-state index in [1.54, 1.807) is 7.05 Å². The van der Waals surface area contributed by atoms with Crippen molar-refractivity contribution in [2.75, 3.05) is 7.05 Å². The van der Waals surface area contributed by atoms with Crippen molar-refractivity contribution in [1.82, 2.24) is 15.1 Å². The molecule has 0 bridgehead atoms. The van der Waals surface area contributed by atoms with E-state index in [-0.39, 0.29) is 16.5 Å². The second-order valence-corrected chi connectivity index (χ2v) is 7.66. The van der Waals surface area contributed by atoms with Crippen molar-refractivity contribution in [1.29, 1.82) is 0 Å². The van der Waals surface area contributed by atoms with Gasteiger partial charge in [-0.3, -0.25) is 9.89 Å². The molecular formula is C13H22N4O3S. The van der Waals surface area contributed by atoms with E-state index in [2.05, 4.69) is 10.2 Å². The number of nitrogens with one attached hydrogen (secondary N) is 1. The SMILES string of the molecule is CCC(C)(C)N(C)C(=O)c1n[nH]c(C2CC2)c1S(N)(=O)=O. The van der Waals surface area contributed by atoms with Crippen LogP contribution in [0.3, 0.4) is 0 Å². The minimum atomic E-state index is -4.00. The van der Waals surface area contributed by atoms with Crippen LogP contribution in [0, 0.1) is 0 Å². The van der Waals surface area contributed by atoms with E-state index in [0.29, 0.717) is 5.69 Å². The Kier molecular flexibility index (Phi) is 3.88. The number of primary sulfonamides is 1. The second-order valence-electron chi connectivity index (χ2n) is 6.16. The maximum atomic E-state index is 12.6. The van der Waals surface area contributed by atoms with Crippen LogP contribution in [-0.2, 0) is 10.0 Å². The molecule has 0 spiro atoms. The number of hydrogen-bond acceptors (Lipinski definition) is 4. The lowest BCUT2D eigenvalue weighted by atomic mass is 9.99. The predicted octanol–water partition coefficient (Wildman–Crippen LogP) is 1.20. The second kappa shape index (κ2) is 5.10. The summed E-state index contributed by atoms with van der Waals surface area (Å²) >= 11 is 0. The predicted molar refractivity (Wildman–Crippen MR) is 78.4 cm³/mol. The lowest BCUT2D eigenvalue weighted by Crippen LogP contribution is -2.45. The van der Waals surface area contributed by atoms with Gasteiger partial charge in [0, 0.05) is 18.5 Å². The molecule has 1 saturated carbocycles. The normalized spacial score (nSPS) is 16.0. The third-order valence-corrected chi connectivity index (χ3v) is 5.28. The largest absolute Gasteiger partial charge is 0.335 e. The zero-order valence-corrected chi connectivity index (χ0v) is 13.6. The van der Waals surface area contributed by atoms with E-state index in [9.17, 15) is 13.2 Å². The van der Waals surface area contributed by atoms with Crippen molar-refractivity contribution in [3.05, 3.63) is 11.4 Å². The molecule has 1 aromatic heterocycles. The fraction of sp³-hybridized carbons (Fsp3) is 0.692. The zero-order chi connectivity index (χ0) is 16.0. The number of aromatic amines is 1. The van der Waals surface area contributed by atoms with Gasteiger partial charge in [-0.2, -0.15) is 5.10 Å². The Morgan fingerprint density at radius 1 is 1.48 bits per heavy atom. The van der Waals surface area contributed by atoms with Crippen LogP contribution >= 0.6 is 0 Å². The van der Waals surface area contributed by atoms with Gasteiger partial charge in [0.15, 0.2) is 5.69 Å². The number of sulfonamides is 1.